The van der Waals surface area contributed by atoms with Gasteiger partial charge in [-0.15, -0.1) is 11.3 Å². The van der Waals surface area contributed by atoms with Crippen molar-refractivity contribution in [1.29, 1.82) is 5.26 Å². The number of hydrogen-bond acceptors (Lipinski definition) is 4. The maximum absolute atomic E-state index is 11.9. The predicted octanol–water partition coefficient (Wildman–Crippen LogP) is 1.65. The van der Waals surface area contributed by atoms with Gasteiger partial charge in [-0.05, 0) is 26.0 Å². The van der Waals surface area contributed by atoms with Gasteiger partial charge in [0.05, 0.1) is 0 Å². The highest BCUT2D eigenvalue weighted by Gasteiger charge is 2.24. The molecule has 0 unspecified atom stereocenters. The van der Waals surface area contributed by atoms with Gasteiger partial charge in [0.25, 0.3) is 10.0 Å². The van der Waals surface area contributed by atoms with Crippen molar-refractivity contribution in [2.24, 2.45) is 0 Å². The normalized spacial score (nSPS) is 12.0. The molecule has 0 amide bonds. The molecular formula is C9H12N2O2S2. The van der Waals surface area contributed by atoms with Crippen LogP contribution >= 0.6 is 11.3 Å². The average molecular weight is 244 g/mol. The Kier molecular flexibility index (Phi) is 3.50. The predicted molar refractivity (Wildman–Crippen MR) is 59.1 cm³/mol. The third-order valence-corrected chi connectivity index (χ3v) is 5.54. The molecule has 82 valence electrons. The standard InChI is InChI=1S/C9H12N2O2S2/c1-7(2)11(3)15(12,13)9-5-4-8(6-10)14-9/h4-5,7H,1-3H3. The lowest BCUT2D eigenvalue weighted by Crippen LogP contribution is -2.32. The van der Waals surface area contributed by atoms with Crippen molar-refractivity contribution >= 4 is 21.4 Å². The second-order valence-corrected chi connectivity index (χ2v) is 6.65. The first kappa shape index (κ1) is 12.2. The molecule has 0 bridgehead atoms. The lowest BCUT2D eigenvalue weighted by atomic mass is 10.4. The van der Waals surface area contributed by atoms with Crippen LogP contribution in [0.5, 0.6) is 0 Å². The highest BCUT2D eigenvalue weighted by atomic mass is 32.2. The molecule has 0 aliphatic carbocycles. The van der Waals surface area contributed by atoms with Gasteiger partial charge in [0.15, 0.2) is 0 Å². The topological polar surface area (TPSA) is 61.2 Å². The zero-order chi connectivity index (χ0) is 11.6. The molecule has 0 spiro atoms. The Labute approximate surface area is 93.8 Å². The quantitative estimate of drug-likeness (QED) is 0.812. The Balaban J connectivity index is 3.13. The lowest BCUT2D eigenvalue weighted by molar-refractivity contribution is 0.412. The van der Waals surface area contributed by atoms with Crippen LogP contribution in [0.2, 0.25) is 0 Å². The summed E-state index contributed by atoms with van der Waals surface area (Å²) in [5.41, 5.74) is 0. The van der Waals surface area contributed by atoms with Gasteiger partial charge in [-0.1, -0.05) is 0 Å². The maximum Gasteiger partial charge on any atom is 0.252 e. The summed E-state index contributed by atoms with van der Waals surface area (Å²) in [7, 11) is -1.89. The summed E-state index contributed by atoms with van der Waals surface area (Å²) in [5, 5.41) is 8.62. The molecule has 1 rings (SSSR count). The van der Waals surface area contributed by atoms with E-state index >= 15 is 0 Å². The average Bonchev–Trinajstić information content (AvgIpc) is 2.65. The fourth-order valence-electron chi connectivity index (χ4n) is 0.938. The number of nitrogens with zero attached hydrogens (tertiary/aromatic N) is 2. The Morgan fingerprint density at radius 1 is 1.47 bits per heavy atom. The van der Waals surface area contributed by atoms with E-state index in [0.29, 0.717) is 4.88 Å². The monoisotopic (exact) mass is 244 g/mol. The van der Waals surface area contributed by atoms with E-state index in [1.807, 2.05) is 6.07 Å². The fourth-order valence-corrected chi connectivity index (χ4v) is 3.60. The molecule has 0 saturated carbocycles. The second kappa shape index (κ2) is 4.31. The van der Waals surface area contributed by atoms with Gasteiger partial charge in [0.1, 0.15) is 15.2 Å². The molecule has 0 N–H and O–H groups in total. The van der Waals surface area contributed by atoms with Crippen molar-refractivity contribution in [2.75, 3.05) is 7.05 Å². The molecule has 1 heterocycles. The molecule has 4 nitrogen and oxygen atoms in total. The van der Waals surface area contributed by atoms with Crippen molar-refractivity contribution in [3.05, 3.63) is 17.0 Å². The third-order valence-electron chi connectivity index (χ3n) is 2.05. The van der Waals surface area contributed by atoms with Gasteiger partial charge in [-0.3, -0.25) is 0 Å². The first-order valence-corrected chi connectivity index (χ1v) is 6.63. The SMILES string of the molecule is CC(C)N(C)S(=O)(=O)c1ccc(C#N)s1. The molecular weight excluding hydrogens is 232 g/mol. The van der Waals surface area contributed by atoms with Crippen LogP contribution in [-0.2, 0) is 10.0 Å². The summed E-state index contributed by atoms with van der Waals surface area (Å²) < 4.78 is 25.4. The molecule has 0 aliphatic heterocycles. The zero-order valence-electron chi connectivity index (χ0n) is 8.76. The smallest absolute Gasteiger partial charge is 0.206 e. The minimum absolute atomic E-state index is 0.0948. The van der Waals surface area contributed by atoms with Crippen molar-refractivity contribution in [3.63, 3.8) is 0 Å². The summed E-state index contributed by atoms with van der Waals surface area (Å²) in [6.45, 7) is 3.60. The van der Waals surface area contributed by atoms with Crippen molar-refractivity contribution in [3.8, 4) is 6.07 Å². The van der Waals surface area contributed by atoms with E-state index in [-0.39, 0.29) is 10.3 Å². The number of sulfonamides is 1. The zero-order valence-corrected chi connectivity index (χ0v) is 10.4. The van der Waals surface area contributed by atoms with Crippen LogP contribution in [0, 0.1) is 11.3 Å². The molecule has 6 heteroatoms. The Hall–Kier alpha value is -0.900. The highest BCUT2D eigenvalue weighted by Crippen LogP contribution is 2.24. The van der Waals surface area contributed by atoms with E-state index < -0.39 is 10.0 Å². The van der Waals surface area contributed by atoms with Crippen LogP contribution in [0.3, 0.4) is 0 Å². The van der Waals surface area contributed by atoms with Gasteiger partial charge in [-0.25, -0.2) is 8.42 Å². The number of hydrogen-bond donors (Lipinski definition) is 0. The first-order chi connectivity index (χ1) is 6.89. The molecule has 0 saturated heterocycles. The van der Waals surface area contributed by atoms with Gasteiger partial charge in [0, 0.05) is 13.1 Å². The Bertz CT molecular complexity index is 482. The largest absolute Gasteiger partial charge is 0.252 e. The van der Waals surface area contributed by atoms with Crippen molar-refractivity contribution in [2.45, 2.75) is 24.1 Å². The molecule has 1 aromatic heterocycles. The maximum atomic E-state index is 11.9. The Morgan fingerprint density at radius 3 is 2.47 bits per heavy atom. The van der Waals surface area contributed by atoms with E-state index in [1.54, 1.807) is 13.8 Å². The molecule has 0 aliphatic rings. The van der Waals surface area contributed by atoms with Crippen LogP contribution in [0.25, 0.3) is 0 Å². The van der Waals surface area contributed by atoms with Crippen molar-refractivity contribution in [1.82, 2.24) is 4.31 Å². The number of thiophene rings is 1. The summed E-state index contributed by atoms with van der Waals surface area (Å²) in [6, 6.07) is 4.82. The molecule has 0 aromatic carbocycles. The minimum Gasteiger partial charge on any atom is -0.206 e. The molecule has 15 heavy (non-hydrogen) atoms. The molecule has 0 atom stereocenters. The van der Waals surface area contributed by atoms with Crippen LogP contribution in [0.15, 0.2) is 16.3 Å². The number of rotatable bonds is 3. The summed E-state index contributed by atoms with van der Waals surface area (Å²) >= 11 is 0.995. The summed E-state index contributed by atoms with van der Waals surface area (Å²) in [6.07, 6.45) is 0. The second-order valence-electron chi connectivity index (χ2n) is 3.35. The van der Waals surface area contributed by atoms with E-state index in [1.165, 1.54) is 23.5 Å². The van der Waals surface area contributed by atoms with Gasteiger partial charge in [-0.2, -0.15) is 9.57 Å². The van der Waals surface area contributed by atoms with E-state index in [9.17, 15) is 8.42 Å². The number of nitriles is 1. The molecule has 1 aromatic rings. The first-order valence-electron chi connectivity index (χ1n) is 4.37. The van der Waals surface area contributed by atoms with E-state index in [4.69, 9.17) is 5.26 Å². The van der Waals surface area contributed by atoms with Crippen LogP contribution in [0.4, 0.5) is 0 Å². The highest BCUT2D eigenvalue weighted by molar-refractivity contribution is 7.91. The minimum atomic E-state index is -3.43. The van der Waals surface area contributed by atoms with Crippen LogP contribution in [-0.4, -0.2) is 25.8 Å². The molecule has 0 radical (unpaired) electrons. The third kappa shape index (κ3) is 2.37. The summed E-state index contributed by atoms with van der Waals surface area (Å²) in [5.74, 6) is 0. The fraction of sp³-hybridized carbons (Fsp3) is 0.444. The van der Waals surface area contributed by atoms with Gasteiger partial charge in [0.2, 0.25) is 0 Å². The summed E-state index contributed by atoms with van der Waals surface area (Å²) in [4.78, 5) is 0.408. The van der Waals surface area contributed by atoms with Crippen LogP contribution in [0.1, 0.15) is 18.7 Å². The van der Waals surface area contributed by atoms with Crippen LogP contribution < -0.4 is 0 Å². The van der Waals surface area contributed by atoms with Gasteiger partial charge < -0.3 is 0 Å². The van der Waals surface area contributed by atoms with Gasteiger partial charge >= 0.3 is 0 Å². The molecule has 0 fully saturated rings. The lowest BCUT2D eigenvalue weighted by Gasteiger charge is -2.19. The van der Waals surface area contributed by atoms with E-state index in [0.717, 1.165) is 11.3 Å². The van der Waals surface area contributed by atoms with Crippen molar-refractivity contribution < 1.29 is 8.42 Å². The Morgan fingerprint density at radius 2 is 2.07 bits per heavy atom. The van der Waals surface area contributed by atoms with E-state index in [2.05, 4.69) is 0 Å².